The van der Waals surface area contributed by atoms with Gasteiger partial charge in [0, 0.05) is 0 Å². The van der Waals surface area contributed by atoms with Gasteiger partial charge in [0.15, 0.2) is 0 Å². The summed E-state index contributed by atoms with van der Waals surface area (Å²) in [5.74, 6) is 0. The molecule has 0 aliphatic carbocycles. The van der Waals surface area contributed by atoms with Crippen LogP contribution in [-0.4, -0.2) is 8.32 Å². The number of hydrogen-bond acceptors (Lipinski definition) is 1. The molecule has 1 nitrogen and oxygen atoms in total. The zero-order valence-electron chi connectivity index (χ0n) is 8.18. The summed E-state index contributed by atoms with van der Waals surface area (Å²) in [6.45, 7) is 6.01. The number of hydrogen-bond donors (Lipinski definition) is 0. The summed E-state index contributed by atoms with van der Waals surface area (Å²) in [4.78, 5) is 11.7. The van der Waals surface area contributed by atoms with E-state index >= 15 is 0 Å². The molecule has 0 rings (SSSR count). The van der Waals surface area contributed by atoms with Crippen LogP contribution < -0.4 is 34.4 Å². The summed E-state index contributed by atoms with van der Waals surface area (Å²) in [7, 11) is -2.06. The van der Waals surface area contributed by atoms with Crippen molar-refractivity contribution in [3.05, 3.63) is 12.2 Å². The Morgan fingerprint density at radius 2 is 1.73 bits per heavy atom. The van der Waals surface area contributed by atoms with Gasteiger partial charge >= 0.3 is 29.6 Å². The third-order valence-corrected chi connectivity index (χ3v) is 5.57. The molecule has 3 heteroatoms. The van der Waals surface area contributed by atoms with E-state index in [-0.39, 0.29) is 29.6 Å². The predicted molar refractivity (Wildman–Crippen MR) is 46.3 cm³/mol. The minimum absolute atomic E-state index is 0. The van der Waals surface area contributed by atoms with Gasteiger partial charge in [0.05, 0.1) is 0 Å². The van der Waals surface area contributed by atoms with E-state index in [0.29, 0.717) is 0 Å². The molecule has 0 aliphatic heterocycles. The van der Waals surface area contributed by atoms with Crippen LogP contribution in [0.1, 0.15) is 20.8 Å². The SMILES string of the molecule is C/C=C\C[Si]([O-])(CC)CC.[Na+]. The Hall–Kier alpha value is 0.917. The summed E-state index contributed by atoms with van der Waals surface area (Å²) in [6.07, 6.45) is 4.00. The van der Waals surface area contributed by atoms with Crippen LogP contribution in [0.2, 0.25) is 18.1 Å². The third-order valence-electron chi connectivity index (χ3n) is 2.01. The van der Waals surface area contributed by atoms with Crippen molar-refractivity contribution in [1.82, 2.24) is 0 Å². The smallest absolute Gasteiger partial charge is 0.858 e. The van der Waals surface area contributed by atoms with E-state index < -0.39 is 8.32 Å². The molecule has 0 spiro atoms. The van der Waals surface area contributed by atoms with Crippen LogP contribution >= 0.6 is 0 Å². The van der Waals surface area contributed by atoms with Crippen molar-refractivity contribution in [2.75, 3.05) is 0 Å². The van der Waals surface area contributed by atoms with Crippen LogP contribution in [0.4, 0.5) is 0 Å². The maximum atomic E-state index is 11.7. The zero-order chi connectivity index (χ0) is 8.04. The topological polar surface area (TPSA) is 23.1 Å². The van der Waals surface area contributed by atoms with Gasteiger partial charge in [-0.25, -0.2) is 0 Å². The Balaban J connectivity index is 0. The van der Waals surface area contributed by atoms with Gasteiger partial charge in [-0.3, -0.25) is 0 Å². The van der Waals surface area contributed by atoms with Crippen LogP contribution in [0.25, 0.3) is 0 Å². The molecule has 0 heterocycles. The monoisotopic (exact) mass is 180 g/mol. The van der Waals surface area contributed by atoms with E-state index in [0.717, 1.165) is 18.1 Å². The molecule has 0 fully saturated rings. The third kappa shape index (κ3) is 6.11. The molecule has 0 saturated carbocycles. The Labute approximate surface area is 93.3 Å². The molecule has 0 aliphatic rings. The maximum Gasteiger partial charge on any atom is 1.00 e. The Kier molecular flexibility index (Phi) is 9.93. The quantitative estimate of drug-likeness (QED) is 0.398. The van der Waals surface area contributed by atoms with Gasteiger partial charge in [-0.15, -0.1) is 0 Å². The maximum absolute atomic E-state index is 11.7. The molecule has 0 aromatic carbocycles. The molecule has 0 amide bonds. The standard InChI is InChI=1S/C8H17OSi.Na/c1-4-7-8-10(9,5-2)6-3;/h4,7H,5-6,8H2,1-3H3;/q-1;+1/b7-4-;. The van der Waals surface area contributed by atoms with Gasteiger partial charge < -0.3 is 4.80 Å². The predicted octanol–water partition coefficient (Wildman–Crippen LogP) is -1.09. The van der Waals surface area contributed by atoms with Crippen molar-refractivity contribution >= 4 is 8.32 Å². The van der Waals surface area contributed by atoms with Gasteiger partial charge in [0.2, 0.25) is 0 Å². The van der Waals surface area contributed by atoms with Crippen LogP contribution in [-0.2, 0) is 0 Å². The fourth-order valence-corrected chi connectivity index (χ4v) is 2.61. The van der Waals surface area contributed by atoms with Gasteiger partial charge in [0.1, 0.15) is 0 Å². The first-order valence-electron chi connectivity index (χ1n) is 4.00. The van der Waals surface area contributed by atoms with Crippen LogP contribution in [0, 0.1) is 0 Å². The van der Waals surface area contributed by atoms with Crippen molar-refractivity contribution in [1.29, 1.82) is 0 Å². The summed E-state index contributed by atoms with van der Waals surface area (Å²) in [5, 5.41) is 0. The summed E-state index contributed by atoms with van der Waals surface area (Å²) < 4.78 is 0. The van der Waals surface area contributed by atoms with E-state index in [1.807, 2.05) is 32.9 Å². The molecular weight excluding hydrogens is 163 g/mol. The van der Waals surface area contributed by atoms with Crippen LogP contribution in [0.5, 0.6) is 0 Å². The fourth-order valence-electron chi connectivity index (χ4n) is 0.871. The molecule has 0 atom stereocenters. The molecule has 0 saturated heterocycles. The summed E-state index contributed by atoms with van der Waals surface area (Å²) in [6, 6.07) is 2.55. The zero-order valence-corrected chi connectivity index (χ0v) is 11.2. The van der Waals surface area contributed by atoms with Crippen molar-refractivity contribution < 1.29 is 34.4 Å². The van der Waals surface area contributed by atoms with Gasteiger partial charge in [-0.1, -0.05) is 44.1 Å². The van der Waals surface area contributed by atoms with Crippen molar-refractivity contribution in [3.63, 3.8) is 0 Å². The van der Waals surface area contributed by atoms with Gasteiger partial charge in [-0.05, 0) is 15.2 Å². The first kappa shape index (κ1) is 14.4. The molecule has 0 radical (unpaired) electrons. The average Bonchev–Trinajstić information content (AvgIpc) is 2.00. The molecular formula is C8H17NaOSi. The second kappa shape index (κ2) is 7.56. The largest absolute Gasteiger partial charge is 1.00 e. The van der Waals surface area contributed by atoms with E-state index in [1.54, 1.807) is 0 Å². The van der Waals surface area contributed by atoms with Crippen molar-refractivity contribution in [3.8, 4) is 0 Å². The Bertz CT molecular complexity index is 111. The second-order valence-electron chi connectivity index (χ2n) is 2.66. The molecule has 11 heavy (non-hydrogen) atoms. The first-order valence-corrected chi connectivity index (χ1v) is 6.53. The average molecular weight is 180 g/mol. The fraction of sp³-hybridized carbons (Fsp3) is 0.750. The molecule has 0 aromatic heterocycles. The Morgan fingerprint density at radius 1 is 1.27 bits per heavy atom. The molecule has 0 bridgehead atoms. The van der Waals surface area contributed by atoms with Gasteiger partial charge in [0.25, 0.3) is 0 Å². The molecule has 60 valence electrons. The summed E-state index contributed by atoms with van der Waals surface area (Å²) in [5.41, 5.74) is 0. The molecule has 0 N–H and O–H groups in total. The normalized spacial score (nSPS) is 11.6. The Morgan fingerprint density at radius 3 is 2.00 bits per heavy atom. The van der Waals surface area contributed by atoms with E-state index in [9.17, 15) is 4.80 Å². The molecule has 0 aromatic rings. The van der Waals surface area contributed by atoms with Crippen molar-refractivity contribution in [2.45, 2.75) is 38.9 Å². The van der Waals surface area contributed by atoms with E-state index in [4.69, 9.17) is 0 Å². The summed E-state index contributed by atoms with van der Waals surface area (Å²) >= 11 is 0. The second-order valence-corrected chi connectivity index (χ2v) is 6.85. The van der Waals surface area contributed by atoms with E-state index in [2.05, 4.69) is 0 Å². The minimum Gasteiger partial charge on any atom is -0.858 e. The van der Waals surface area contributed by atoms with Gasteiger partial charge in [-0.2, -0.15) is 0 Å². The van der Waals surface area contributed by atoms with Crippen LogP contribution in [0.3, 0.4) is 0 Å². The van der Waals surface area contributed by atoms with Crippen molar-refractivity contribution in [2.24, 2.45) is 0 Å². The van der Waals surface area contributed by atoms with E-state index in [1.165, 1.54) is 0 Å². The first-order chi connectivity index (χ1) is 4.68. The molecule has 0 unspecified atom stereocenters. The van der Waals surface area contributed by atoms with Crippen LogP contribution in [0.15, 0.2) is 12.2 Å². The minimum atomic E-state index is -2.06. The number of rotatable bonds is 4. The number of allylic oxidation sites excluding steroid dienone is 2.